The number of ether oxygens (including phenoxy) is 2. The second-order valence-electron chi connectivity index (χ2n) is 6.11. The molecule has 0 bridgehead atoms. The van der Waals surface area contributed by atoms with Gasteiger partial charge in [-0.1, -0.05) is 6.07 Å². The van der Waals surface area contributed by atoms with Gasteiger partial charge in [0.15, 0.2) is 0 Å². The Balaban J connectivity index is 1.53. The van der Waals surface area contributed by atoms with Crippen LogP contribution in [0.25, 0.3) is 0 Å². The molecule has 1 aromatic carbocycles. The molecule has 128 valence electrons. The summed E-state index contributed by atoms with van der Waals surface area (Å²) in [6.45, 7) is 3.99. The van der Waals surface area contributed by atoms with E-state index in [-0.39, 0.29) is 18.1 Å². The number of carbonyl (C=O) groups is 1. The topological polar surface area (TPSA) is 65.4 Å². The van der Waals surface area contributed by atoms with Gasteiger partial charge in [0.05, 0.1) is 12.4 Å². The molecule has 2 unspecified atom stereocenters. The molecule has 24 heavy (non-hydrogen) atoms. The molecule has 1 aromatic heterocycles. The van der Waals surface area contributed by atoms with Crippen LogP contribution < -0.4 is 10.1 Å². The van der Waals surface area contributed by atoms with E-state index in [1.54, 1.807) is 24.7 Å². The van der Waals surface area contributed by atoms with Gasteiger partial charge >= 0.3 is 0 Å². The van der Waals surface area contributed by atoms with Crippen molar-refractivity contribution in [2.24, 2.45) is 0 Å². The first-order valence-electron chi connectivity index (χ1n) is 8.32. The third kappa shape index (κ3) is 4.58. The van der Waals surface area contributed by atoms with Crippen molar-refractivity contribution in [1.29, 1.82) is 0 Å². The van der Waals surface area contributed by atoms with E-state index in [0.29, 0.717) is 24.5 Å². The van der Waals surface area contributed by atoms with Crippen molar-refractivity contribution in [3.8, 4) is 5.75 Å². The van der Waals surface area contributed by atoms with Gasteiger partial charge in [0.2, 0.25) is 0 Å². The van der Waals surface area contributed by atoms with Gasteiger partial charge in [-0.3, -0.25) is 4.79 Å². The van der Waals surface area contributed by atoms with Crippen LogP contribution in [0.3, 0.4) is 0 Å². The summed E-state index contributed by atoms with van der Waals surface area (Å²) >= 11 is 0. The van der Waals surface area contributed by atoms with E-state index in [1.165, 1.54) is 0 Å². The predicted molar refractivity (Wildman–Crippen MR) is 90.1 cm³/mol. The van der Waals surface area contributed by atoms with Crippen LogP contribution in [-0.4, -0.2) is 40.8 Å². The Morgan fingerprint density at radius 1 is 1.54 bits per heavy atom. The van der Waals surface area contributed by atoms with Crippen molar-refractivity contribution in [3.63, 3.8) is 0 Å². The highest BCUT2D eigenvalue weighted by Gasteiger charge is 2.16. The molecule has 0 radical (unpaired) electrons. The van der Waals surface area contributed by atoms with E-state index in [2.05, 4.69) is 10.3 Å². The van der Waals surface area contributed by atoms with Crippen molar-refractivity contribution >= 4 is 5.91 Å². The lowest BCUT2D eigenvalue weighted by Crippen LogP contribution is -2.35. The second kappa shape index (κ2) is 7.97. The lowest BCUT2D eigenvalue weighted by Gasteiger charge is -2.15. The van der Waals surface area contributed by atoms with Crippen LogP contribution in [0.15, 0.2) is 43.0 Å². The van der Waals surface area contributed by atoms with Crippen molar-refractivity contribution in [3.05, 3.63) is 48.5 Å². The third-order valence-electron chi connectivity index (χ3n) is 3.98. The van der Waals surface area contributed by atoms with Gasteiger partial charge in [0.25, 0.3) is 5.91 Å². The van der Waals surface area contributed by atoms with E-state index < -0.39 is 0 Å². The quantitative estimate of drug-likeness (QED) is 0.846. The molecule has 2 aromatic rings. The Kier molecular flexibility index (Phi) is 5.48. The van der Waals surface area contributed by atoms with Crippen LogP contribution in [0.5, 0.6) is 5.75 Å². The zero-order chi connectivity index (χ0) is 16.8. The van der Waals surface area contributed by atoms with Crippen LogP contribution in [0.1, 0.15) is 30.1 Å². The van der Waals surface area contributed by atoms with Gasteiger partial charge in [0.1, 0.15) is 12.4 Å². The molecule has 0 spiro atoms. The number of nitrogens with one attached hydrogen (secondary N) is 1. The van der Waals surface area contributed by atoms with Crippen LogP contribution >= 0.6 is 0 Å². The Hall–Kier alpha value is -2.34. The fourth-order valence-electron chi connectivity index (χ4n) is 2.76. The SMILES string of the molecule is CC(Cn1ccnc1)NC(=O)c1cccc(OCC2CCCO2)c1. The molecular weight excluding hydrogens is 306 g/mol. The van der Waals surface area contributed by atoms with Crippen LogP contribution in [-0.2, 0) is 11.3 Å². The normalized spacial score (nSPS) is 18.3. The van der Waals surface area contributed by atoms with Crippen LogP contribution in [0.4, 0.5) is 0 Å². The lowest BCUT2D eigenvalue weighted by atomic mass is 10.2. The number of hydrogen-bond acceptors (Lipinski definition) is 4. The highest BCUT2D eigenvalue weighted by molar-refractivity contribution is 5.94. The minimum atomic E-state index is -0.106. The first kappa shape index (κ1) is 16.5. The number of rotatable bonds is 7. The summed E-state index contributed by atoms with van der Waals surface area (Å²) in [6, 6.07) is 7.26. The second-order valence-corrected chi connectivity index (χ2v) is 6.11. The summed E-state index contributed by atoms with van der Waals surface area (Å²) in [6.07, 6.45) is 7.63. The summed E-state index contributed by atoms with van der Waals surface area (Å²) < 4.78 is 13.2. The minimum absolute atomic E-state index is 0.00293. The van der Waals surface area contributed by atoms with E-state index in [1.807, 2.05) is 29.8 Å². The molecule has 1 amide bonds. The number of carbonyl (C=O) groups excluding carboxylic acids is 1. The monoisotopic (exact) mass is 329 g/mol. The highest BCUT2D eigenvalue weighted by Crippen LogP contribution is 2.17. The molecular formula is C18H23N3O3. The van der Waals surface area contributed by atoms with Crippen LogP contribution in [0.2, 0.25) is 0 Å². The van der Waals surface area contributed by atoms with Crippen molar-refractivity contribution in [1.82, 2.24) is 14.9 Å². The number of benzene rings is 1. The molecule has 1 fully saturated rings. The molecule has 1 saturated heterocycles. The Morgan fingerprint density at radius 3 is 3.21 bits per heavy atom. The summed E-state index contributed by atoms with van der Waals surface area (Å²) in [4.78, 5) is 16.4. The molecule has 2 atom stereocenters. The molecule has 2 heterocycles. The molecule has 6 heteroatoms. The highest BCUT2D eigenvalue weighted by atomic mass is 16.5. The van der Waals surface area contributed by atoms with Gasteiger partial charge in [0, 0.05) is 37.2 Å². The number of aromatic nitrogens is 2. The largest absolute Gasteiger partial charge is 0.491 e. The Bertz CT molecular complexity index is 651. The zero-order valence-corrected chi connectivity index (χ0v) is 13.9. The van der Waals surface area contributed by atoms with Gasteiger partial charge in [-0.05, 0) is 38.0 Å². The zero-order valence-electron chi connectivity index (χ0n) is 13.9. The maximum absolute atomic E-state index is 12.4. The molecule has 6 nitrogen and oxygen atoms in total. The Morgan fingerprint density at radius 2 is 2.46 bits per heavy atom. The van der Waals surface area contributed by atoms with Crippen LogP contribution in [0, 0.1) is 0 Å². The van der Waals surface area contributed by atoms with E-state index in [0.717, 1.165) is 19.4 Å². The van der Waals surface area contributed by atoms with Gasteiger partial charge < -0.3 is 19.4 Å². The van der Waals surface area contributed by atoms with Gasteiger partial charge in [-0.15, -0.1) is 0 Å². The van der Waals surface area contributed by atoms with E-state index in [9.17, 15) is 4.79 Å². The Labute approximate surface area is 141 Å². The summed E-state index contributed by atoms with van der Waals surface area (Å²) in [5.74, 6) is 0.589. The summed E-state index contributed by atoms with van der Waals surface area (Å²) in [7, 11) is 0. The molecule has 1 aliphatic rings. The molecule has 1 N–H and O–H groups in total. The average Bonchev–Trinajstić information content (AvgIpc) is 3.26. The molecule has 0 aliphatic carbocycles. The lowest BCUT2D eigenvalue weighted by molar-refractivity contribution is 0.0679. The number of hydrogen-bond donors (Lipinski definition) is 1. The first-order valence-corrected chi connectivity index (χ1v) is 8.32. The summed E-state index contributed by atoms with van der Waals surface area (Å²) in [5, 5.41) is 2.99. The molecule has 3 rings (SSSR count). The average molecular weight is 329 g/mol. The number of imidazole rings is 1. The predicted octanol–water partition coefficient (Wildman–Crippen LogP) is 2.26. The minimum Gasteiger partial charge on any atom is -0.491 e. The van der Waals surface area contributed by atoms with Crippen molar-refractivity contribution in [2.75, 3.05) is 13.2 Å². The van der Waals surface area contributed by atoms with E-state index in [4.69, 9.17) is 9.47 Å². The maximum atomic E-state index is 12.4. The van der Waals surface area contributed by atoms with Gasteiger partial charge in [-0.25, -0.2) is 4.98 Å². The third-order valence-corrected chi connectivity index (χ3v) is 3.98. The van der Waals surface area contributed by atoms with E-state index >= 15 is 0 Å². The maximum Gasteiger partial charge on any atom is 0.251 e. The van der Waals surface area contributed by atoms with Crippen molar-refractivity contribution < 1.29 is 14.3 Å². The molecule has 0 saturated carbocycles. The standard InChI is InChI=1S/C18H23N3O3/c1-14(11-21-8-7-19-13-21)20-18(22)15-4-2-5-16(10-15)24-12-17-6-3-9-23-17/h2,4-5,7-8,10,13-14,17H,3,6,9,11-12H2,1H3,(H,20,22). The van der Waals surface area contributed by atoms with Crippen molar-refractivity contribution in [2.45, 2.75) is 38.5 Å². The number of nitrogens with zero attached hydrogens (tertiary/aromatic N) is 2. The summed E-state index contributed by atoms with van der Waals surface area (Å²) in [5.41, 5.74) is 0.595. The first-order chi connectivity index (χ1) is 11.7. The fourth-order valence-corrected chi connectivity index (χ4v) is 2.76. The molecule has 1 aliphatic heterocycles. The number of amides is 1. The fraction of sp³-hybridized carbons (Fsp3) is 0.444. The van der Waals surface area contributed by atoms with Gasteiger partial charge in [-0.2, -0.15) is 0 Å². The smallest absolute Gasteiger partial charge is 0.251 e.